The predicted octanol–water partition coefficient (Wildman–Crippen LogP) is 3.22. The summed E-state index contributed by atoms with van der Waals surface area (Å²) in [5, 5.41) is 8.99. The normalized spacial score (nSPS) is 10.6. The van der Waals surface area contributed by atoms with Gasteiger partial charge in [0, 0.05) is 19.3 Å². The van der Waals surface area contributed by atoms with E-state index < -0.39 is 0 Å². The van der Waals surface area contributed by atoms with Crippen LogP contribution in [0.15, 0.2) is 48.7 Å². The van der Waals surface area contributed by atoms with Crippen LogP contribution >= 0.6 is 0 Å². The van der Waals surface area contributed by atoms with Gasteiger partial charge in [-0.3, -0.25) is 9.48 Å². The molecule has 0 spiro atoms. The number of nitrogens with one attached hydrogen (secondary N) is 1. The summed E-state index contributed by atoms with van der Waals surface area (Å²) in [6.45, 7) is 2.40. The molecule has 0 radical (unpaired) electrons. The Hall–Kier alpha value is -2.82. The first-order valence-electron chi connectivity index (χ1n) is 7.14. The Balaban J connectivity index is 1.99. The van der Waals surface area contributed by atoms with E-state index in [4.69, 9.17) is 4.74 Å². The smallest absolute Gasteiger partial charge is 0.260 e. The van der Waals surface area contributed by atoms with Crippen molar-refractivity contribution in [3.05, 3.63) is 54.2 Å². The Morgan fingerprint density at radius 2 is 1.95 bits per heavy atom. The van der Waals surface area contributed by atoms with Crippen molar-refractivity contribution in [1.29, 1.82) is 0 Å². The number of nitrogens with zero attached hydrogens (tertiary/aromatic N) is 2. The molecule has 5 nitrogen and oxygen atoms in total. The number of benzene rings is 2. The highest BCUT2D eigenvalue weighted by atomic mass is 16.5. The van der Waals surface area contributed by atoms with E-state index in [-0.39, 0.29) is 5.91 Å². The van der Waals surface area contributed by atoms with Crippen molar-refractivity contribution >= 4 is 22.5 Å². The summed E-state index contributed by atoms with van der Waals surface area (Å²) in [5.74, 6) is 0.866. The van der Waals surface area contributed by atoms with Crippen LogP contribution in [0.25, 0.3) is 10.8 Å². The summed E-state index contributed by atoms with van der Waals surface area (Å²) in [5.41, 5.74) is 0.506. The monoisotopic (exact) mass is 295 g/mol. The summed E-state index contributed by atoms with van der Waals surface area (Å²) in [7, 11) is 1.80. The molecular formula is C17H17N3O2. The first-order chi connectivity index (χ1) is 10.7. The molecule has 1 N–H and O–H groups in total. The molecular weight excluding hydrogens is 278 g/mol. The molecule has 22 heavy (non-hydrogen) atoms. The zero-order chi connectivity index (χ0) is 15.5. The van der Waals surface area contributed by atoms with Gasteiger partial charge in [-0.25, -0.2) is 0 Å². The van der Waals surface area contributed by atoms with Gasteiger partial charge in [0.25, 0.3) is 5.91 Å². The van der Waals surface area contributed by atoms with Crippen LogP contribution in [0, 0.1) is 0 Å². The van der Waals surface area contributed by atoms with E-state index in [9.17, 15) is 4.79 Å². The van der Waals surface area contributed by atoms with Crippen LogP contribution in [0.4, 0.5) is 5.82 Å². The summed E-state index contributed by atoms with van der Waals surface area (Å²) in [6.07, 6.45) is 1.78. The summed E-state index contributed by atoms with van der Waals surface area (Å²) in [4.78, 5) is 12.5. The first kappa shape index (κ1) is 14.1. The fourth-order valence-electron chi connectivity index (χ4n) is 2.34. The molecule has 3 rings (SSSR count). The highest BCUT2D eigenvalue weighted by Gasteiger charge is 2.15. The van der Waals surface area contributed by atoms with E-state index in [0.29, 0.717) is 23.7 Å². The lowest BCUT2D eigenvalue weighted by Gasteiger charge is -2.11. The second-order valence-corrected chi connectivity index (χ2v) is 4.96. The number of aromatic nitrogens is 2. The van der Waals surface area contributed by atoms with Gasteiger partial charge in [0.05, 0.1) is 12.2 Å². The van der Waals surface area contributed by atoms with Gasteiger partial charge >= 0.3 is 0 Å². The van der Waals surface area contributed by atoms with Gasteiger partial charge in [-0.15, -0.1) is 0 Å². The third-order valence-electron chi connectivity index (χ3n) is 3.35. The molecule has 3 aromatic rings. The zero-order valence-corrected chi connectivity index (χ0v) is 12.5. The molecule has 0 bridgehead atoms. The third-order valence-corrected chi connectivity index (χ3v) is 3.35. The number of fused-ring (bicyclic) bond motifs is 1. The molecule has 0 aliphatic heterocycles. The molecule has 0 unspecified atom stereocenters. The van der Waals surface area contributed by atoms with Crippen molar-refractivity contribution in [2.45, 2.75) is 6.92 Å². The largest absolute Gasteiger partial charge is 0.493 e. The Morgan fingerprint density at radius 1 is 1.23 bits per heavy atom. The van der Waals surface area contributed by atoms with E-state index in [1.54, 1.807) is 24.0 Å². The van der Waals surface area contributed by atoms with Crippen LogP contribution in [0.2, 0.25) is 0 Å². The molecule has 112 valence electrons. The summed E-state index contributed by atoms with van der Waals surface area (Å²) < 4.78 is 7.26. The number of rotatable bonds is 4. The van der Waals surface area contributed by atoms with Gasteiger partial charge in [0.2, 0.25) is 0 Å². The number of hydrogen-bond acceptors (Lipinski definition) is 3. The highest BCUT2D eigenvalue weighted by molar-refractivity contribution is 6.08. The average Bonchev–Trinajstić information content (AvgIpc) is 2.92. The molecule has 1 heterocycles. The number of carbonyl (C=O) groups excluding carboxylic acids is 1. The van der Waals surface area contributed by atoms with Gasteiger partial charge in [-0.2, -0.15) is 5.10 Å². The second kappa shape index (κ2) is 5.89. The Morgan fingerprint density at radius 3 is 2.59 bits per heavy atom. The number of carbonyl (C=O) groups is 1. The number of aryl methyl sites for hydroxylation is 1. The lowest BCUT2D eigenvalue weighted by molar-refractivity contribution is 0.102. The van der Waals surface area contributed by atoms with E-state index in [1.165, 1.54) is 0 Å². The van der Waals surface area contributed by atoms with E-state index >= 15 is 0 Å². The van der Waals surface area contributed by atoms with Crippen LogP contribution in [-0.2, 0) is 7.05 Å². The van der Waals surface area contributed by atoms with Gasteiger partial charge < -0.3 is 10.1 Å². The second-order valence-electron chi connectivity index (χ2n) is 4.96. The molecule has 0 saturated carbocycles. The molecule has 0 aliphatic rings. The molecule has 0 aliphatic carbocycles. The topological polar surface area (TPSA) is 56.1 Å². The molecule has 5 heteroatoms. The number of hydrogen-bond donors (Lipinski definition) is 1. The van der Waals surface area contributed by atoms with Gasteiger partial charge in [0.15, 0.2) is 5.82 Å². The van der Waals surface area contributed by atoms with Crippen molar-refractivity contribution in [1.82, 2.24) is 9.78 Å². The van der Waals surface area contributed by atoms with Gasteiger partial charge in [-0.05, 0) is 29.8 Å². The minimum atomic E-state index is -0.229. The molecule has 1 aromatic heterocycles. The maximum atomic E-state index is 12.5. The van der Waals surface area contributed by atoms with Crippen LogP contribution < -0.4 is 10.1 Å². The number of ether oxygens (including phenoxy) is 1. The fourth-order valence-corrected chi connectivity index (χ4v) is 2.34. The first-order valence-corrected chi connectivity index (χ1v) is 7.14. The molecule has 0 fully saturated rings. The van der Waals surface area contributed by atoms with Crippen LogP contribution in [-0.4, -0.2) is 22.3 Å². The van der Waals surface area contributed by atoms with Crippen molar-refractivity contribution in [2.75, 3.05) is 11.9 Å². The van der Waals surface area contributed by atoms with Crippen molar-refractivity contribution in [3.8, 4) is 5.75 Å². The maximum absolute atomic E-state index is 12.5. The Kier molecular flexibility index (Phi) is 3.78. The van der Waals surface area contributed by atoms with Crippen LogP contribution in [0.1, 0.15) is 17.3 Å². The molecule has 0 atom stereocenters. The van der Waals surface area contributed by atoms with Crippen molar-refractivity contribution in [3.63, 3.8) is 0 Å². The standard InChI is InChI=1S/C17H17N3O2/c1-3-22-15-11-13-7-5-4-6-12(13)10-14(15)17(21)18-16-8-9-20(2)19-16/h4-11H,3H2,1-2H3,(H,18,19,21). The third kappa shape index (κ3) is 2.79. The van der Waals surface area contributed by atoms with Crippen molar-refractivity contribution < 1.29 is 9.53 Å². The number of amides is 1. The predicted molar refractivity (Wildman–Crippen MR) is 86.3 cm³/mol. The lowest BCUT2D eigenvalue weighted by Crippen LogP contribution is -2.14. The van der Waals surface area contributed by atoms with Crippen LogP contribution in [0.5, 0.6) is 5.75 Å². The fraction of sp³-hybridized carbons (Fsp3) is 0.176. The van der Waals surface area contributed by atoms with Crippen molar-refractivity contribution in [2.24, 2.45) is 7.05 Å². The minimum absolute atomic E-state index is 0.229. The van der Waals surface area contributed by atoms with E-state index in [2.05, 4.69) is 10.4 Å². The molecule has 1 amide bonds. The Bertz CT molecular complexity index is 824. The number of anilines is 1. The summed E-state index contributed by atoms with van der Waals surface area (Å²) in [6, 6.07) is 13.4. The van der Waals surface area contributed by atoms with E-state index in [0.717, 1.165) is 10.8 Å². The lowest BCUT2D eigenvalue weighted by atomic mass is 10.1. The van der Waals surface area contributed by atoms with Gasteiger partial charge in [-0.1, -0.05) is 24.3 Å². The molecule has 0 saturated heterocycles. The SMILES string of the molecule is CCOc1cc2ccccc2cc1C(=O)Nc1ccn(C)n1. The van der Waals surface area contributed by atoms with E-state index in [1.807, 2.05) is 43.3 Å². The highest BCUT2D eigenvalue weighted by Crippen LogP contribution is 2.27. The maximum Gasteiger partial charge on any atom is 0.260 e. The molecule has 2 aromatic carbocycles. The van der Waals surface area contributed by atoms with Gasteiger partial charge in [0.1, 0.15) is 5.75 Å². The zero-order valence-electron chi connectivity index (χ0n) is 12.5. The quantitative estimate of drug-likeness (QED) is 0.804. The average molecular weight is 295 g/mol. The minimum Gasteiger partial charge on any atom is -0.493 e. The van der Waals surface area contributed by atoms with Crippen LogP contribution in [0.3, 0.4) is 0 Å². The Labute approximate surface area is 128 Å². The summed E-state index contributed by atoms with van der Waals surface area (Å²) >= 11 is 0.